The lowest BCUT2D eigenvalue weighted by Gasteiger charge is -2.53. The van der Waals surface area contributed by atoms with Gasteiger partial charge in [-0.3, -0.25) is 0 Å². The predicted molar refractivity (Wildman–Crippen MR) is 57.3 cm³/mol. The largest absolute Gasteiger partial charge is 0.478 e. The number of rotatable bonds is 2. The molecule has 4 aliphatic carbocycles. The van der Waals surface area contributed by atoms with Crippen LogP contribution in [0.2, 0.25) is 0 Å². The van der Waals surface area contributed by atoms with Gasteiger partial charge in [-0.1, -0.05) is 6.08 Å². The lowest BCUT2D eigenvalue weighted by Crippen LogP contribution is -2.44. The standard InChI is InChI=1S/C13H18O2/c14-13(15)2-1-12-10-4-8-3-9(6-10)7-11(12)5-8/h1-2,8-12H,3-7H2,(H,14,15)/b2-1+. The van der Waals surface area contributed by atoms with E-state index in [0.717, 1.165) is 23.7 Å². The molecule has 2 nitrogen and oxygen atoms in total. The van der Waals surface area contributed by atoms with Crippen molar-refractivity contribution in [3.05, 3.63) is 12.2 Å². The summed E-state index contributed by atoms with van der Waals surface area (Å²) in [6, 6.07) is 0. The number of hydrogen-bond donors (Lipinski definition) is 1. The molecular formula is C13H18O2. The molecule has 0 radical (unpaired) electrons. The second-order valence-electron chi connectivity index (χ2n) is 5.71. The zero-order valence-electron chi connectivity index (χ0n) is 8.93. The molecule has 0 aromatic rings. The van der Waals surface area contributed by atoms with Crippen molar-refractivity contribution in [2.45, 2.75) is 32.1 Å². The highest BCUT2D eigenvalue weighted by Gasteiger charge is 2.47. The van der Waals surface area contributed by atoms with E-state index < -0.39 is 5.97 Å². The van der Waals surface area contributed by atoms with Gasteiger partial charge >= 0.3 is 5.97 Å². The van der Waals surface area contributed by atoms with Crippen LogP contribution in [0.3, 0.4) is 0 Å². The third-order valence-corrected chi connectivity index (χ3v) is 4.76. The molecule has 0 amide bonds. The van der Waals surface area contributed by atoms with Crippen LogP contribution in [0.15, 0.2) is 12.2 Å². The molecule has 0 heterocycles. The van der Waals surface area contributed by atoms with Crippen molar-refractivity contribution in [1.29, 1.82) is 0 Å². The summed E-state index contributed by atoms with van der Waals surface area (Å²) in [7, 11) is 0. The second kappa shape index (κ2) is 3.36. The Hall–Kier alpha value is -0.790. The van der Waals surface area contributed by atoms with Gasteiger partial charge in [-0.15, -0.1) is 0 Å². The van der Waals surface area contributed by atoms with Gasteiger partial charge in [0.05, 0.1) is 0 Å². The fourth-order valence-electron chi connectivity index (χ4n) is 4.47. The van der Waals surface area contributed by atoms with Gasteiger partial charge in [-0.25, -0.2) is 4.79 Å². The number of carboxylic acids is 1. The molecule has 82 valence electrons. The highest BCUT2D eigenvalue weighted by Crippen LogP contribution is 2.56. The zero-order valence-corrected chi connectivity index (χ0v) is 8.93. The zero-order chi connectivity index (χ0) is 10.4. The van der Waals surface area contributed by atoms with Crippen LogP contribution in [-0.4, -0.2) is 11.1 Å². The molecule has 0 aromatic heterocycles. The molecule has 1 N–H and O–H groups in total. The molecule has 4 fully saturated rings. The normalized spacial score (nSPS) is 47.6. The topological polar surface area (TPSA) is 37.3 Å². The number of hydrogen-bond acceptors (Lipinski definition) is 1. The summed E-state index contributed by atoms with van der Waals surface area (Å²) >= 11 is 0. The number of carbonyl (C=O) groups is 1. The van der Waals surface area contributed by atoms with E-state index in [1.165, 1.54) is 38.2 Å². The smallest absolute Gasteiger partial charge is 0.327 e. The molecule has 4 saturated carbocycles. The molecule has 4 bridgehead atoms. The average molecular weight is 206 g/mol. The van der Waals surface area contributed by atoms with Gasteiger partial charge < -0.3 is 5.11 Å². The van der Waals surface area contributed by atoms with E-state index in [2.05, 4.69) is 0 Å². The SMILES string of the molecule is O=C(O)/C=C/C1C2CC3CC(C2)CC1C3. The van der Waals surface area contributed by atoms with E-state index in [4.69, 9.17) is 5.11 Å². The quantitative estimate of drug-likeness (QED) is 0.705. The third-order valence-electron chi connectivity index (χ3n) is 4.76. The van der Waals surface area contributed by atoms with Gasteiger partial charge in [-0.2, -0.15) is 0 Å². The van der Waals surface area contributed by atoms with Crippen molar-refractivity contribution in [1.82, 2.24) is 0 Å². The van der Waals surface area contributed by atoms with E-state index in [-0.39, 0.29) is 0 Å². The highest BCUT2D eigenvalue weighted by molar-refractivity contribution is 5.79. The Morgan fingerprint density at radius 1 is 1.00 bits per heavy atom. The van der Waals surface area contributed by atoms with E-state index in [0.29, 0.717) is 5.92 Å². The third kappa shape index (κ3) is 1.60. The first-order valence-corrected chi connectivity index (χ1v) is 6.13. The summed E-state index contributed by atoms with van der Waals surface area (Å²) in [5, 5.41) is 8.68. The first kappa shape index (κ1) is 9.44. The van der Waals surface area contributed by atoms with E-state index in [9.17, 15) is 4.79 Å². The molecule has 0 unspecified atom stereocenters. The van der Waals surface area contributed by atoms with Crippen LogP contribution in [0.25, 0.3) is 0 Å². The Labute approximate surface area is 90.4 Å². The molecule has 2 heteroatoms. The number of allylic oxidation sites excluding steroid dienone is 1. The molecule has 0 aliphatic heterocycles. The maximum absolute atomic E-state index is 10.5. The van der Waals surface area contributed by atoms with E-state index in [1.807, 2.05) is 6.08 Å². The summed E-state index contributed by atoms with van der Waals surface area (Å²) < 4.78 is 0. The van der Waals surface area contributed by atoms with Gasteiger partial charge in [0.25, 0.3) is 0 Å². The summed E-state index contributed by atoms with van der Waals surface area (Å²) in [6.07, 6.45) is 10.3. The molecule has 0 spiro atoms. The lowest BCUT2D eigenvalue weighted by molar-refractivity contribution is -0.131. The van der Waals surface area contributed by atoms with Crippen LogP contribution in [0, 0.1) is 29.6 Å². The number of aliphatic carboxylic acids is 1. The second-order valence-corrected chi connectivity index (χ2v) is 5.71. The summed E-state index contributed by atoms with van der Waals surface area (Å²) in [5.41, 5.74) is 0. The predicted octanol–water partition coefficient (Wildman–Crippen LogP) is 2.70. The van der Waals surface area contributed by atoms with Crippen LogP contribution in [-0.2, 0) is 4.79 Å². The minimum Gasteiger partial charge on any atom is -0.478 e. The van der Waals surface area contributed by atoms with Gasteiger partial charge in [-0.05, 0) is 61.7 Å². The van der Waals surface area contributed by atoms with Crippen LogP contribution in [0.5, 0.6) is 0 Å². The van der Waals surface area contributed by atoms with Crippen molar-refractivity contribution < 1.29 is 9.90 Å². The summed E-state index contributed by atoms with van der Waals surface area (Å²) in [6.45, 7) is 0. The fraction of sp³-hybridized carbons (Fsp3) is 0.769. The Bertz CT molecular complexity index is 278. The Balaban J connectivity index is 1.77. The lowest BCUT2D eigenvalue weighted by atomic mass is 9.52. The fourth-order valence-corrected chi connectivity index (χ4v) is 4.47. The van der Waals surface area contributed by atoms with Crippen LogP contribution in [0.4, 0.5) is 0 Å². The van der Waals surface area contributed by atoms with Crippen molar-refractivity contribution in [2.75, 3.05) is 0 Å². The van der Waals surface area contributed by atoms with E-state index in [1.54, 1.807) is 0 Å². The monoisotopic (exact) mass is 206 g/mol. The molecule has 15 heavy (non-hydrogen) atoms. The van der Waals surface area contributed by atoms with Gasteiger partial charge in [0.1, 0.15) is 0 Å². The summed E-state index contributed by atoms with van der Waals surface area (Å²) in [4.78, 5) is 10.5. The Kier molecular flexibility index (Phi) is 2.11. The Morgan fingerprint density at radius 2 is 1.53 bits per heavy atom. The minimum absolute atomic E-state index is 0.578. The maximum Gasteiger partial charge on any atom is 0.327 e. The molecule has 4 aliphatic rings. The minimum atomic E-state index is -0.788. The van der Waals surface area contributed by atoms with Crippen LogP contribution >= 0.6 is 0 Å². The summed E-state index contributed by atoms with van der Waals surface area (Å²) in [5.74, 6) is 3.34. The molecular weight excluding hydrogens is 188 g/mol. The number of carboxylic acid groups (broad SMARTS) is 1. The average Bonchev–Trinajstić information content (AvgIpc) is 2.14. The van der Waals surface area contributed by atoms with Crippen molar-refractivity contribution in [3.63, 3.8) is 0 Å². The van der Waals surface area contributed by atoms with Crippen LogP contribution < -0.4 is 0 Å². The first-order chi connectivity index (χ1) is 7.22. The molecule has 0 aromatic carbocycles. The van der Waals surface area contributed by atoms with Gasteiger partial charge in [0, 0.05) is 6.08 Å². The van der Waals surface area contributed by atoms with Gasteiger partial charge in [0.15, 0.2) is 0 Å². The Morgan fingerprint density at radius 3 is 2.00 bits per heavy atom. The van der Waals surface area contributed by atoms with Crippen LogP contribution in [0.1, 0.15) is 32.1 Å². The maximum atomic E-state index is 10.5. The molecule has 0 saturated heterocycles. The molecule has 4 rings (SSSR count). The van der Waals surface area contributed by atoms with Crippen molar-refractivity contribution >= 4 is 5.97 Å². The van der Waals surface area contributed by atoms with Gasteiger partial charge in [0.2, 0.25) is 0 Å². The highest BCUT2D eigenvalue weighted by atomic mass is 16.4. The van der Waals surface area contributed by atoms with Crippen molar-refractivity contribution in [2.24, 2.45) is 29.6 Å². The molecule has 0 atom stereocenters. The van der Waals surface area contributed by atoms with Crippen molar-refractivity contribution in [3.8, 4) is 0 Å². The first-order valence-electron chi connectivity index (χ1n) is 6.13. The van der Waals surface area contributed by atoms with E-state index >= 15 is 0 Å².